The summed E-state index contributed by atoms with van der Waals surface area (Å²) in [5.74, 6) is 0.427. The highest BCUT2D eigenvalue weighted by Crippen LogP contribution is 2.33. The lowest BCUT2D eigenvalue weighted by atomic mass is 9.84. The number of hydrogen-bond acceptors (Lipinski definition) is 5. The van der Waals surface area contributed by atoms with Crippen molar-refractivity contribution in [3.8, 4) is 0 Å². The lowest BCUT2D eigenvalue weighted by molar-refractivity contribution is -0.116. The van der Waals surface area contributed by atoms with Crippen LogP contribution in [0.25, 0.3) is 10.1 Å². The first kappa shape index (κ1) is 16.5. The van der Waals surface area contributed by atoms with Crippen LogP contribution in [0.1, 0.15) is 30.3 Å². The molecule has 7 heteroatoms. The van der Waals surface area contributed by atoms with Crippen molar-refractivity contribution in [2.45, 2.75) is 25.8 Å². The van der Waals surface area contributed by atoms with Gasteiger partial charge in [0.15, 0.2) is 0 Å². The number of hydrogen-bond donors (Lipinski definition) is 1. The SMILES string of the molecule is CC(=O)N(C)c1csc2cnc(C(=O)NC3CN4CCC3CC4)cc12. The van der Waals surface area contributed by atoms with E-state index in [9.17, 15) is 9.59 Å². The fourth-order valence-electron chi connectivity index (χ4n) is 3.84. The number of anilines is 1. The van der Waals surface area contributed by atoms with Gasteiger partial charge >= 0.3 is 0 Å². The number of amides is 2. The number of nitrogens with one attached hydrogen (secondary N) is 1. The zero-order chi connectivity index (χ0) is 17.6. The van der Waals surface area contributed by atoms with Crippen molar-refractivity contribution in [1.82, 2.24) is 15.2 Å². The monoisotopic (exact) mass is 358 g/mol. The number of carbonyl (C=O) groups excluding carboxylic acids is 2. The Balaban J connectivity index is 1.57. The Hall–Kier alpha value is -1.99. The molecule has 2 aromatic heterocycles. The molecule has 0 aliphatic carbocycles. The van der Waals surface area contributed by atoms with E-state index < -0.39 is 0 Å². The number of aromatic nitrogens is 1. The van der Waals surface area contributed by atoms with Crippen LogP contribution in [0.3, 0.4) is 0 Å². The summed E-state index contributed by atoms with van der Waals surface area (Å²) in [4.78, 5) is 32.7. The quantitative estimate of drug-likeness (QED) is 0.913. The van der Waals surface area contributed by atoms with Crippen LogP contribution >= 0.6 is 11.3 Å². The summed E-state index contributed by atoms with van der Waals surface area (Å²) >= 11 is 1.53. The predicted octanol–water partition coefficient (Wildman–Crippen LogP) is 2.10. The van der Waals surface area contributed by atoms with Gasteiger partial charge < -0.3 is 15.1 Å². The maximum atomic E-state index is 12.7. The fourth-order valence-corrected chi connectivity index (χ4v) is 4.77. The summed E-state index contributed by atoms with van der Waals surface area (Å²) in [6.45, 7) is 4.77. The Morgan fingerprint density at radius 3 is 2.76 bits per heavy atom. The molecule has 2 bridgehead atoms. The minimum absolute atomic E-state index is 0.0326. The van der Waals surface area contributed by atoms with Gasteiger partial charge in [0.2, 0.25) is 5.91 Å². The van der Waals surface area contributed by atoms with Crippen molar-refractivity contribution in [2.75, 3.05) is 31.6 Å². The van der Waals surface area contributed by atoms with E-state index >= 15 is 0 Å². The molecule has 3 aliphatic heterocycles. The van der Waals surface area contributed by atoms with Crippen molar-refractivity contribution < 1.29 is 9.59 Å². The number of piperidine rings is 3. The normalized spacial score (nSPS) is 25.1. The number of thiophene rings is 1. The third kappa shape index (κ3) is 3.02. The summed E-state index contributed by atoms with van der Waals surface area (Å²) in [5, 5.41) is 6.01. The molecule has 2 aromatic rings. The predicted molar refractivity (Wildman–Crippen MR) is 99.1 cm³/mol. The summed E-state index contributed by atoms with van der Waals surface area (Å²) in [6.07, 6.45) is 4.05. The van der Waals surface area contributed by atoms with Crippen molar-refractivity contribution in [3.63, 3.8) is 0 Å². The van der Waals surface area contributed by atoms with Crippen LogP contribution in [0, 0.1) is 5.92 Å². The van der Waals surface area contributed by atoms with E-state index in [4.69, 9.17) is 0 Å². The maximum Gasteiger partial charge on any atom is 0.270 e. The smallest absolute Gasteiger partial charge is 0.270 e. The average Bonchev–Trinajstić information content (AvgIpc) is 3.05. The van der Waals surface area contributed by atoms with Crippen molar-refractivity contribution in [3.05, 3.63) is 23.3 Å². The summed E-state index contributed by atoms with van der Waals surface area (Å²) < 4.78 is 0.975. The van der Waals surface area contributed by atoms with Crippen LogP contribution in [0.15, 0.2) is 17.6 Å². The first-order chi connectivity index (χ1) is 12.0. The fraction of sp³-hybridized carbons (Fsp3) is 0.500. The molecule has 6 nitrogen and oxygen atoms in total. The van der Waals surface area contributed by atoms with Crippen LogP contribution in [-0.4, -0.2) is 54.4 Å². The second-order valence-electron chi connectivity index (χ2n) is 6.98. The van der Waals surface area contributed by atoms with E-state index in [1.165, 1.54) is 18.3 Å². The molecule has 1 N–H and O–H groups in total. The molecule has 3 fully saturated rings. The van der Waals surface area contributed by atoms with Gasteiger partial charge in [0, 0.05) is 43.5 Å². The third-order valence-corrected chi connectivity index (χ3v) is 6.40. The molecule has 25 heavy (non-hydrogen) atoms. The molecule has 132 valence electrons. The molecule has 0 radical (unpaired) electrons. The highest BCUT2D eigenvalue weighted by molar-refractivity contribution is 7.17. The molecule has 2 amide bonds. The van der Waals surface area contributed by atoms with E-state index in [1.54, 1.807) is 24.2 Å². The zero-order valence-electron chi connectivity index (χ0n) is 14.5. The molecule has 1 unspecified atom stereocenters. The van der Waals surface area contributed by atoms with Gasteiger partial charge in [-0.1, -0.05) is 0 Å². The minimum Gasteiger partial charge on any atom is -0.346 e. The number of fused-ring (bicyclic) bond motifs is 4. The molecule has 5 heterocycles. The Kier molecular flexibility index (Phi) is 4.21. The van der Waals surface area contributed by atoms with Gasteiger partial charge in [-0.15, -0.1) is 11.3 Å². The lowest BCUT2D eigenvalue weighted by Gasteiger charge is -2.44. The molecule has 1 atom stereocenters. The average molecular weight is 358 g/mol. The van der Waals surface area contributed by atoms with E-state index in [-0.39, 0.29) is 17.9 Å². The highest BCUT2D eigenvalue weighted by atomic mass is 32.1. The zero-order valence-corrected chi connectivity index (χ0v) is 15.3. The van der Waals surface area contributed by atoms with E-state index in [0.29, 0.717) is 11.6 Å². The van der Waals surface area contributed by atoms with Crippen LogP contribution in [0.2, 0.25) is 0 Å². The van der Waals surface area contributed by atoms with E-state index in [2.05, 4.69) is 15.2 Å². The Labute approximate surface area is 150 Å². The van der Waals surface area contributed by atoms with Crippen LogP contribution in [0.4, 0.5) is 5.69 Å². The molecule has 3 saturated heterocycles. The highest BCUT2D eigenvalue weighted by Gasteiger charge is 2.35. The number of pyridine rings is 1. The first-order valence-electron chi connectivity index (χ1n) is 8.67. The van der Waals surface area contributed by atoms with Crippen LogP contribution in [-0.2, 0) is 4.79 Å². The van der Waals surface area contributed by atoms with Crippen LogP contribution in [0.5, 0.6) is 0 Å². The molecule has 0 spiro atoms. The number of nitrogens with zero attached hydrogens (tertiary/aromatic N) is 3. The van der Waals surface area contributed by atoms with Crippen molar-refractivity contribution in [1.29, 1.82) is 0 Å². The minimum atomic E-state index is -0.122. The van der Waals surface area contributed by atoms with E-state index in [1.807, 2.05) is 5.38 Å². The molecular formula is C18H22N4O2S. The summed E-state index contributed by atoms with van der Waals surface area (Å²) in [5.41, 5.74) is 1.24. The lowest BCUT2D eigenvalue weighted by Crippen LogP contribution is -2.57. The largest absolute Gasteiger partial charge is 0.346 e. The molecule has 0 saturated carbocycles. The second kappa shape index (κ2) is 6.38. The van der Waals surface area contributed by atoms with Gasteiger partial charge in [-0.05, 0) is 37.9 Å². The van der Waals surface area contributed by atoms with Gasteiger partial charge in [-0.25, -0.2) is 4.98 Å². The Bertz CT molecular complexity index is 826. The van der Waals surface area contributed by atoms with Crippen molar-refractivity contribution >= 4 is 38.9 Å². The first-order valence-corrected chi connectivity index (χ1v) is 9.55. The van der Waals surface area contributed by atoms with Gasteiger partial charge in [0.25, 0.3) is 5.91 Å². The molecule has 5 rings (SSSR count). The van der Waals surface area contributed by atoms with Gasteiger partial charge in [-0.2, -0.15) is 0 Å². The molecule has 0 aromatic carbocycles. The Morgan fingerprint density at radius 2 is 2.12 bits per heavy atom. The summed E-state index contributed by atoms with van der Waals surface area (Å²) in [7, 11) is 1.75. The van der Waals surface area contributed by atoms with Crippen molar-refractivity contribution in [2.24, 2.45) is 5.92 Å². The van der Waals surface area contributed by atoms with Gasteiger partial charge in [0.05, 0.1) is 10.4 Å². The molecular weight excluding hydrogens is 336 g/mol. The van der Waals surface area contributed by atoms with Gasteiger partial charge in [-0.3, -0.25) is 9.59 Å². The number of carbonyl (C=O) groups is 2. The molecule has 3 aliphatic rings. The Morgan fingerprint density at radius 1 is 1.36 bits per heavy atom. The topological polar surface area (TPSA) is 65.5 Å². The number of rotatable bonds is 3. The standard InChI is InChI=1S/C18H22N4O2S/c1-11(23)21(2)16-10-25-17-8-19-14(7-13(16)17)18(24)20-15-9-22-5-3-12(15)4-6-22/h7-8,10,12,15H,3-6,9H2,1-2H3,(H,20,24). The van der Waals surface area contributed by atoms with E-state index in [0.717, 1.165) is 48.2 Å². The second-order valence-corrected chi connectivity index (χ2v) is 7.89. The third-order valence-electron chi connectivity index (χ3n) is 5.48. The maximum absolute atomic E-state index is 12.7. The van der Waals surface area contributed by atoms with Gasteiger partial charge in [0.1, 0.15) is 5.69 Å². The summed E-state index contributed by atoms with van der Waals surface area (Å²) in [6, 6.07) is 2.02. The van der Waals surface area contributed by atoms with Crippen LogP contribution < -0.4 is 10.2 Å².